The Balaban J connectivity index is 1.67. The van der Waals surface area contributed by atoms with Crippen molar-refractivity contribution >= 4 is 11.7 Å². The van der Waals surface area contributed by atoms with Crippen molar-refractivity contribution in [3.8, 4) is 5.75 Å². The number of hydrogen-bond acceptors (Lipinski definition) is 4. The molecule has 1 atom stereocenters. The third-order valence-corrected chi connectivity index (χ3v) is 5.90. The number of aromatic amines is 1. The molecule has 0 saturated heterocycles. The zero-order valence-corrected chi connectivity index (χ0v) is 19.1. The Bertz CT molecular complexity index is 1230. The number of ketones is 1. The molecule has 2 aromatic carbocycles. The Morgan fingerprint density at radius 3 is 2.36 bits per heavy atom. The molecule has 1 amide bonds. The molecule has 1 aliphatic rings. The zero-order chi connectivity index (χ0) is 23.6. The van der Waals surface area contributed by atoms with Crippen molar-refractivity contribution in [1.82, 2.24) is 10.3 Å². The number of hydrogen-bond donors (Lipinski definition) is 2. The molecule has 3 aromatic rings. The SMILES string of the molecule is CCOc1ccc(C(NC(=O)c2cc3c([nH]c2=O)CC(C)(C)CC3=O)c2ccccc2)cc1. The van der Waals surface area contributed by atoms with Crippen molar-refractivity contribution in [3.05, 3.63) is 99.0 Å². The summed E-state index contributed by atoms with van der Waals surface area (Å²) in [4.78, 5) is 41.5. The second-order valence-corrected chi connectivity index (χ2v) is 9.16. The van der Waals surface area contributed by atoms with E-state index in [-0.39, 0.29) is 16.8 Å². The summed E-state index contributed by atoms with van der Waals surface area (Å²) in [6.07, 6.45) is 0.968. The number of nitrogens with one attached hydrogen (secondary N) is 2. The molecule has 6 heteroatoms. The average Bonchev–Trinajstić information content (AvgIpc) is 2.77. The second-order valence-electron chi connectivity index (χ2n) is 9.16. The highest BCUT2D eigenvalue weighted by Gasteiger charge is 2.33. The van der Waals surface area contributed by atoms with Crippen LogP contribution in [0.4, 0.5) is 0 Å². The maximum Gasteiger partial charge on any atom is 0.261 e. The molecule has 0 aliphatic heterocycles. The van der Waals surface area contributed by atoms with E-state index in [2.05, 4.69) is 10.3 Å². The Morgan fingerprint density at radius 1 is 1.03 bits per heavy atom. The lowest BCUT2D eigenvalue weighted by Crippen LogP contribution is -2.36. The van der Waals surface area contributed by atoms with Crippen LogP contribution in [0.1, 0.15) is 70.8 Å². The molecule has 0 saturated carbocycles. The third-order valence-electron chi connectivity index (χ3n) is 5.90. The van der Waals surface area contributed by atoms with E-state index in [1.54, 1.807) is 0 Å². The molecule has 33 heavy (non-hydrogen) atoms. The zero-order valence-electron chi connectivity index (χ0n) is 19.1. The number of fused-ring (bicyclic) bond motifs is 1. The second kappa shape index (κ2) is 9.06. The maximum absolute atomic E-state index is 13.2. The number of H-pyrrole nitrogens is 1. The minimum absolute atomic E-state index is 0.0577. The molecule has 0 fully saturated rings. The summed E-state index contributed by atoms with van der Waals surface area (Å²) in [5, 5.41) is 2.99. The monoisotopic (exact) mass is 444 g/mol. The Labute approximate surface area is 193 Å². The van der Waals surface area contributed by atoms with Gasteiger partial charge in [-0.15, -0.1) is 0 Å². The van der Waals surface area contributed by atoms with Gasteiger partial charge in [-0.25, -0.2) is 0 Å². The molecule has 1 aromatic heterocycles. The van der Waals surface area contributed by atoms with Crippen LogP contribution in [-0.4, -0.2) is 23.3 Å². The van der Waals surface area contributed by atoms with Crippen LogP contribution in [0.3, 0.4) is 0 Å². The number of carbonyl (C=O) groups excluding carboxylic acids is 2. The van der Waals surface area contributed by atoms with Gasteiger partial charge < -0.3 is 15.0 Å². The van der Waals surface area contributed by atoms with E-state index in [1.165, 1.54) is 6.07 Å². The molecule has 4 rings (SSSR count). The lowest BCUT2D eigenvalue weighted by molar-refractivity contribution is 0.0910. The summed E-state index contributed by atoms with van der Waals surface area (Å²) < 4.78 is 5.53. The van der Waals surface area contributed by atoms with Gasteiger partial charge in [-0.2, -0.15) is 0 Å². The van der Waals surface area contributed by atoms with Crippen molar-refractivity contribution in [2.45, 2.75) is 39.7 Å². The molecule has 0 bridgehead atoms. The van der Waals surface area contributed by atoms with Gasteiger partial charge in [0.2, 0.25) is 0 Å². The lowest BCUT2D eigenvalue weighted by Gasteiger charge is -2.29. The first-order valence-corrected chi connectivity index (χ1v) is 11.2. The van der Waals surface area contributed by atoms with Crippen molar-refractivity contribution < 1.29 is 14.3 Å². The van der Waals surface area contributed by atoms with Gasteiger partial charge in [0.25, 0.3) is 11.5 Å². The fraction of sp³-hybridized carbons (Fsp3) is 0.296. The predicted molar refractivity (Wildman–Crippen MR) is 127 cm³/mol. The maximum atomic E-state index is 13.2. The highest BCUT2D eigenvalue weighted by molar-refractivity contribution is 6.02. The van der Waals surface area contributed by atoms with E-state index in [1.807, 2.05) is 75.4 Å². The van der Waals surface area contributed by atoms with E-state index >= 15 is 0 Å². The van der Waals surface area contributed by atoms with Crippen molar-refractivity contribution in [1.29, 1.82) is 0 Å². The molecule has 2 N–H and O–H groups in total. The van der Waals surface area contributed by atoms with Gasteiger partial charge in [0.15, 0.2) is 5.78 Å². The predicted octanol–water partition coefficient (Wildman–Crippen LogP) is 4.45. The molecule has 1 aliphatic carbocycles. The van der Waals surface area contributed by atoms with Gasteiger partial charge >= 0.3 is 0 Å². The summed E-state index contributed by atoms with van der Waals surface area (Å²) in [6.45, 7) is 6.47. The molecular formula is C27H28N2O4. The Morgan fingerprint density at radius 2 is 1.70 bits per heavy atom. The largest absolute Gasteiger partial charge is 0.494 e. The van der Waals surface area contributed by atoms with Gasteiger partial charge in [0, 0.05) is 17.7 Å². The first-order valence-electron chi connectivity index (χ1n) is 11.2. The standard InChI is InChI=1S/C27H28N2O4/c1-4-33-19-12-10-18(11-13-19)24(17-8-6-5-7-9-17)29-26(32)21-14-20-22(28-25(21)31)15-27(2,3)16-23(20)30/h5-14,24H,4,15-16H2,1-3H3,(H,28,31)(H,29,32). The first-order chi connectivity index (χ1) is 15.8. The number of ether oxygens (including phenoxy) is 1. The first kappa shape index (κ1) is 22.5. The highest BCUT2D eigenvalue weighted by Crippen LogP contribution is 2.33. The van der Waals surface area contributed by atoms with E-state index in [0.29, 0.717) is 30.7 Å². The Kier molecular flexibility index (Phi) is 6.18. The van der Waals surface area contributed by atoms with Crippen molar-refractivity contribution in [3.63, 3.8) is 0 Å². The van der Waals surface area contributed by atoms with Gasteiger partial charge in [-0.05, 0) is 48.1 Å². The van der Waals surface area contributed by atoms with Gasteiger partial charge in [-0.3, -0.25) is 14.4 Å². The number of carbonyl (C=O) groups is 2. The van der Waals surface area contributed by atoms with Crippen LogP contribution in [0.5, 0.6) is 5.75 Å². The summed E-state index contributed by atoms with van der Waals surface area (Å²) in [6, 6.07) is 18.0. The highest BCUT2D eigenvalue weighted by atomic mass is 16.5. The molecule has 6 nitrogen and oxygen atoms in total. The minimum Gasteiger partial charge on any atom is -0.494 e. The quantitative estimate of drug-likeness (QED) is 0.588. The van der Waals surface area contributed by atoms with Crippen LogP contribution in [0.25, 0.3) is 0 Å². The molecule has 1 unspecified atom stereocenters. The van der Waals surface area contributed by atoms with Crippen LogP contribution >= 0.6 is 0 Å². The van der Waals surface area contributed by atoms with Crippen LogP contribution < -0.4 is 15.6 Å². The number of amides is 1. The molecule has 0 radical (unpaired) electrons. The van der Waals surface area contributed by atoms with E-state index in [4.69, 9.17) is 4.74 Å². The van der Waals surface area contributed by atoms with Gasteiger partial charge in [0.05, 0.1) is 12.6 Å². The van der Waals surface area contributed by atoms with Crippen molar-refractivity contribution in [2.75, 3.05) is 6.61 Å². The van der Waals surface area contributed by atoms with E-state index < -0.39 is 17.5 Å². The van der Waals surface area contributed by atoms with E-state index in [9.17, 15) is 14.4 Å². The average molecular weight is 445 g/mol. The number of pyridine rings is 1. The van der Waals surface area contributed by atoms with Crippen LogP contribution in [0.15, 0.2) is 65.5 Å². The fourth-order valence-electron chi connectivity index (χ4n) is 4.33. The molecule has 0 spiro atoms. The number of benzene rings is 2. The topological polar surface area (TPSA) is 88.3 Å². The van der Waals surface area contributed by atoms with Crippen molar-refractivity contribution in [2.24, 2.45) is 5.41 Å². The van der Waals surface area contributed by atoms with Crippen LogP contribution in [0, 0.1) is 5.41 Å². The fourth-order valence-corrected chi connectivity index (χ4v) is 4.33. The van der Waals surface area contributed by atoms with E-state index in [0.717, 1.165) is 16.9 Å². The van der Waals surface area contributed by atoms with Crippen LogP contribution in [0.2, 0.25) is 0 Å². The normalized spacial score (nSPS) is 15.4. The molecular weight excluding hydrogens is 416 g/mol. The summed E-state index contributed by atoms with van der Waals surface area (Å²) in [7, 11) is 0. The molecule has 170 valence electrons. The van der Waals surface area contributed by atoms with Gasteiger partial charge in [0.1, 0.15) is 11.3 Å². The number of aromatic nitrogens is 1. The van der Waals surface area contributed by atoms with Gasteiger partial charge in [-0.1, -0.05) is 56.3 Å². The number of rotatable bonds is 6. The lowest BCUT2D eigenvalue weighted by atomic mass is 9.75. The summed E-state index contributed by atoms with van der Waals surface area (Å²) >= 11 is 0. The smallest absolute Gasteiger partial charge is 0.261 e. The molecule has 1 heterocycles. The van der Waals surface area contributed by atoms with Crippen LogP contribution in [-0.2, 0) is 6.42 Å². The Hall–Kier alpha value is -3.67. The summed E-state index contributed by atoms with van der Waals surface area (Å²) in [5.41, 5.74) is 1.99. The number of Topliss-reactive ketones (excluding diaryl/α,β-unsaturated/α-hetero) is 1. The summed E-state index contributed by atoms with van der Waals surface area (Å²) in [5.74, 6) is 0.157. The third kappa shape index (κ3) is 4.90. The minimum atomic E-state index is -0.528.